The molecule has 0 amide bonds. The first kappa shape index (κ1) is 12.7. The van der Waals surface area contributed by atoms with E-state index in [1.165, 1.54) is 6.07 Å². The summed E-state index contributed by atoms with van der Waals surface area (Å²) in [6.07, 6.45) is 2.78. The van der Waals surface area contributed by atoms with Gasteiger partial charge in [0.1, 0.15) is 5.67 Å². The number of nitrogens with zero attached hydrogens (tertiary/aromatic N) is 4. The van der Waals surface area contributed by atoms with Gasteiger partial charge in [0, 0.05) is 11.6 Å². The van der Waals surface area contributed by atoms with Crippen molar-refractivity contribution < 1.29 is 8.78 Å². The number of H-pyrrole nitrogens is 1. The van der Waals surface area contributed by atoms with Crippen molar-refractivity contribution in [3.8, 4) is 11.4 Å². The molecule has 0 radical (unpaired) electrons. The number of aromatic amines is 1. The molecular formula is C13H10ClF2N5. The maximum atomic E-state index is 14.4. The summed E-state index contributed by atoms with van der Waals surface area (Å²) in [5.41, 5.74) is -0.529. The number of alkyl halides is 1. The van der Waals surface area contributed by atoms with Crippen molar-refractivity contribution >= 4 is 22.5 Å². The van der Waals surface area contributed by atoms with E-state index in [4.69, 9.17) is 11.6 Å². The monoisotopic (exact) mass is 309 g/mol. The van der Waals surface area contributed by atoms with Crippen LogP contribution in [0.3, 0.4) is 0 Å². The Labute approximate surface area is 122 Å². The van der Waals surface area contributed by atoms with Crippen molar-refractivity contribution in [2.24, 2.45) is 0 Å². The van der Waals surface area contributed by atoms with Gasteiger partial charge in [-0.25, -0.2) is 8.78 Å². The Morgan fingerprint density at radius 3 is 2.90 bits per heavy atom. The van der Waals surface area contributed by atoms with Crippen LogP contribution in [0.25, 0.3) is 22.3 Å². The minimum atomic E-state index is -1.20. The highest BCUT2D eigenvalue weighted by atomic mass is 35.5. The van der Waals surface area contributed by atoms with Crippen molar-refractivity contribution in [2.75, 3.05) is 0 Å². The topological polar surface area (TPSA) is 59.4 Å². The molecule has 1 saturated carbocycles. The van der Waals surface area contributed by atoms with Gasteiger partial charge in [-0.3, -0.25) is 0 Å². The van der Waals surface area contributed by atoms with Crippen LogP contribution in [-0.2, 0) is 6.54 Å². The highest BCUT2D eigenvalue weighted by Crippen LogP contribution is 2.43. The Kier molecular flexibility index (Phi) is 2.56. The first-order valence-electron chi connectivity index (χ1n) is 6.47. The third-order valence-corrected chi connectivity index (χ3v) is 4.03. The lowest BCUT2D eigenvalue weighted by Crippen LogP contribution is -2.11. The highest BCUT2D eigenvalue weighted by Gasteiger charge is 2.43. The van der Waals surface area contributed by atoms with Crippen molar-refractivity contribution in [1.82, 2.24) is 25.2 Å². The van der Waals surface area contributed by atoms with E-state index in [1.807, 2.05) is 0 Å². The van der Waals surface area contributed by atoms with Crippen LogP contribution in [0.2, 0.25) is 5.02 Å². The summed E-state index contributed by atoms with van der Waals surface area (Å²) in [7, 11) is 0. The fraction of sp³-hybridized carbons (Fsp3) is 0.308. The van der Waals surface area contributed by atoms with Gasteiger partial charge in [0.2, 0.25) is 5.82 Å². The molecule has 4 rings (SSSR count). The van der Waals surface area contributed by atoms with Gasteiger partial charge in [-0.2, -0.15) is 5.21 Å². The number of halogens is 3. The van der Waals surface area contributed by atoms with Crippen LogP contribution in [0.5, 0.6) is 0 Å². The quantitative estimate of drug-likeness (QED) is 0.808. The van der Waals surface area contributed by atoms with E-state index in [-0.39, 0.29) is 23.0 Å². The van der Waals surface area contributed by atoms with Crippen molar-refractivity contribution in [1.29, 1.82) is 0 Å². The van der Waals surface area contributed by atoms with Gasteiger partial charge in [0.05, 0.1) is 22.6 Å². The number of hydrogen-bond donors (Lipinski definition) is 1. The summed E-state index contributed by atoms with van der Waals surface area (Å²) in [6, 6.07) is 3.29. The van der Waals surface area contributed by atoms with E-state index in [0.717, 1.165) is 0 Å². The number of rotatable bonds is 3. The first-order valence-corrected chi connectivity index (χ1v) is 6.85. The van der Waals surface area contributed by atoms with Gasteiger partial charge >= 0.3 is 0 Å². The molecule has 1 aromatic carbocycles. The largest absolute Gasteiger partial charge is 0.344 e. The third kappa shape index (κ3) is 1.99. The SMILES string of the molecule is Fc1c(Cl)cc2ccn(CC3(F)CC3)c2c1-c1nn[nH]n1. The molecule has 0 aliphatic heterocycles. The van der Waals surface area contributed by atoms with E-state index >= 15 is 0 Å². The molecule has 1 aliphatic rings. The minimum Gasteiger partial charge on any atom is -0.344 e. The average molecular weight is 310 g/mol. The molecule has 108 valence electrons. The van der Waals surface area contributed by atoms with Crippen LogP contribution in [0, 0.1) is 5.82 Å². The lowest BCUT2D eigenvalue weighted by molar-refractivity contribution is 0.274. The van der Waals surface area contributed by atoms with E-state index < -0.39 is 11.5 Å². The maximum absolute atomic E-state index is 14.4. The summed E-state index contributed by atoms with van der Waals surface area (Å²) < 4.78 is 30.2. The fourth-order valence-corrected chi connectivity index (χ4v) is 2.73. The van der Waals surface area contributed by atoms with E-state index in [2.05, 4.69) is 20.6 Å². The molecule has 0 unspecified atom stereocenters. The molecule has 1 N–H and O–H groups in total. The molecule has 2 heterocycles. The van der Waals surface area contributed by atoms with Crippen LogP contribution in [-0.4, -0.2) is 30.9 Å². The maximum Gasteiger partial charge on any atom is 0.209 e. The molecule has 0 saturated heterocycles. The molecular weight excluding hydrogens is 300 g/mol. The Balaban J connectivity index is 1.99. The zero-order valence-corrected chi connectivity index (χ0v) is 11.5. The smallest absolute Gasteiger partial charge is 0.209 e. The summed E-state index contributed by atoms with van der Waals surface area (Å²) in [6.45, 7) is 0.183. The van der Waals surface area contributed by atoms with Crippen molar-refractivity contribution in [3.05, 3.63) is 29.2 Å². The normalized spacial score (nSPS) is 16.5. The second kappa shape index (κ2) is 4.24. The third-order valence-electron chi connectivity index (χ3n) is 3.76. The Morgan fingerprint density at radius 1 is 1.43 bits per heavy atom. The molecule has 21 heavy (non-hydrogen) atoms. The van der Waals surface area contributed by atoms with Gasteiger partial charge in [0.25, 0.3) is 0 Å². The van der Waals surface area contributed by atoms with Gasteiger partial charge < -0.3 is 4.57 Å². The minimum absolute atomic E-state index is 0.0265. The molecule has 1 aliphatic carbocycles. The van der Waals surface area contributed by atoms with Crippen molar-refractivity contribution in [2.45, 2.75) is 25.1 Å². The Bertz CT molecular complexity index is 823. The zero-order chi connectivity index (χ0) is 14.6. The number of nitrogens with one attached hydrogen (secondary N) is 1. The van der Waals surface area contributed by atoms with Gasteiger partial charge in [-0.05, 0) is 30.2 Å². The van der Waals surface area contributed by atoms with E-state index in [9.17, 15) is 8.78 Å². The van der Waals surface area contributed by atoms with Crippen LogP contribution in [0.15, 0.2) is 18.3 Å². The van der Waals surface area contributed by atoms with Crippen LogP contribution >= 0.6 is 11.6 Å². The van der Waals surface area contributed by atoms with Crippen LogP contribution < -0.4 is 0 Å². The second-order valence-corrected chi connectivity index (χ2v) is 5.72. The molecule has 0 bridgehead atoms. The van der Waals surface area contributed by atoms with E-state index in [1.54, 1.807) is 16.8 Å². The fourth-order valence-electron chi connectivity index (χ4n) is 2.52. The number of fused-ring (bicyclic) bond motifs is 1. The molecule has 2 aromatic heterocycles. The lowest BCUT2D eigenvalue weighted by Gasteiger charge is -2.11. The highest BCUT2D eigenvalue weighted by molar-refractivity contribution is 6.32. The van der Waals surface area contributed by atoms with Gasteiger partial charge in [0.15, 0.2) is 5.82 Å². The summed E-state index contributed by atoms with van der Waals surface area (Å²) in [4.78, 5) is 0. The first-order chi connectivity index (χ1) is 10.1. The molecule has 3 aromatic rings. The number of benzene rings is 1. The lowest BCUT2D eigenvalue weighted by atomic mass is 10.1. The standard InChI is InChI=1S/C13H10ClF2N5/c14-8-5-7-1-4-21(6-13(16)2-3-13)11(7)9(10(8)15)12-17-19-20-18-12/h1,4-5H,2-3,6H2,(H,17,18,19,20). The summed E-state index contributed by atoms with van der Waals surface area (Å²) >= 11 is 5.92. The zero-order valence-electron chi connectivity index (χ0n) is 10.8. The molecule has 0 spiro atoms. The molecule has 5 nitrogen and oxygen atoms in total. The van der Waals surface area contributed by atoms with Gasteiger partial charge in [-0.1, -0.05) is 11.6 Å². The van der Waals surface area contributed by atoms with Crippen molar-refractivity contribution in [3.63, 3.8) is 0 Å². The second-order valence-electron chi connectivity index (χ2n) is 5.32. The summed E-state index contributed by atoms with van der Waals surface area (Å²) in [5, 5.41) is 14.1. The number of tetrazole rings is 1. The number of hydrogen-bond acceptors (Lipinski definition) is 3. The van der Waals surface area contributed by atoms with Crippen LogP contribution in [0.4, 0.5) is 8.78 Å². The average Bonchev–Trinajstić information content (AvgIpc) is 2.88. The van der Waals surface area contributed by atoms with Crippen LogP contribution in [0.1, 0.15) is 12.8 Å². The predicted molar refractivity (Wildman–Crippen MR) is 73.2 cm³/mol. The molecule has 1 fully saturated rings. The Morgan fingerprint density at radius 2 is 2.24 bits per heavy atom. The van der Waals surface area contributed by atoms with Gasteiger partial charge in [-0.15, -0.1) is 10.2 Å². The number of aromatic nitrogens is 5. The molecule has 8 heteroatoms. The Hall–Kier alpha value is -2.02. The van der Waals surface area contributed by atoms with E-state index in [0.29, 0.717) is 23.7 Å². The molecule has 0 atom stereocenters. The summed E-state index contributed by atoms with van der Waals surface area (Å²) in [5.74, 6) is -0.530. The predicted octanol–water partition coefficient (Wildman–Crippen LogP) is 3.12.